The van der Waals surface area contributed by atoms with Gasteiger partial charge in [0.25, 0.3) is 0 Å². The van der Waals surface area contributed by atoms with E-state index in [1.807, 2.05) is 102 Å². The van der Waals surface area contributed by atoms with Crippen molar-refractivity contribution in [3.63, 3.8) is 0 Å². The molecule has 1 aliphatic rings. The number of halogens is 3. The number of carbonyl (C=O) groups excluding carboxylic acids is 12. The standard InChI is InChI=1S/C49H81N3O14.C32H55N5O8.C16H28O6.C2HF3O2/c1-46(2,3)64-42(56)24-17-11-15-22-39(53)26-31-60-35-49(52-45(59)63-34-38-20-13-10-14-21-38,36-61-32-27-40(54)23-16-12-18-25-43(57)65-47(4,5)6)37-62-33-28-41(55)50-29-19-30-51-44(58)66-48(7,8)9;33-16-6-4-11-28(38)13-20-42-24-32(25-43-21-14-29(39)12-5-7-17-34,26-44-22-15-30(40)36-19-8-18-35)37-31(41)45-23-27-9-2-1-3-10-27;1-10-11(2)14(9-21-13(4)17)22-16(12(10)3)20-8-6-5-7-15(18)19;3-2(4,5)1(6)7/h10,13-14,20-21H,11-12,15-19,22-37H2,1-9H3,(H,50,55)(H,51,58)(H,52,59);1-3,9-10H,4-8,11-26,33-35H2,(H,36,40)(H,37,41);10-12,14,16H,5-9H2,1-4H3,(H,18,19);(H,6,7)/t;;10-,11+,12?,14?,16+;/m..0./s1. The molecule has 0 bridgehead atoms. The number of unbranched alkanes of at least 4 members (excludes halogenated alkanes) is 7. The van der Waals surface area contributed by atoms with Gasteiger partial charge in [0.15, 0.2) is 6.29 Å². The molecule has 0 aromatic heterocycles. The lowest BCUT2D eigenvalue weighted by molar-refractivity contribution is -0.255. The Bertz CT molecular complexity index is 3600. The molecule has 140 heavy (non-hydrogen) atoms. The summed E-state index contributed by atoms with van der Waals surface area (Å²) in [4.78, 5) is 167. The number of hydrogen-bond acceptors (Lipinski definition) is 31. The van der Waals surface area contributed by atoms with Gasteiger partial charge >= 0.3 is 54.3 Å². The van der Waals surface area contributed by atoms with Gasteiger partial charge in [0, 0.05) is 123 Å². The number of aliphatic carboxylic acids is 2. The molecule has 38 nitrogen and oxygen atoms in total. The molecule has 1 heterocycles. The zero-order chi connectivity index (χ0) is 105. The van der Waals surface area contributed by atoms with Crippen LogP contribution in [0.2, 0.25) is 0 Å². The van der Waals surface area contributed by atoms with Crippen LogP contribution in [0.5, 0.6) is 0 Å². The maximum absolute atomic E-state index is 13.3. The van der Waals surface area contributed by atoms with Crippen molar-refractivity contribution in [3.05, 3.63) is 71.8 Å². The highest BCUT2D eigenvalue weighted by molar-refractivity contribution is 5.80. The minimum absolute atomic E-state index is 0.00566. The van der Waals surface area contributed by atoms with Gasteiger partial charge in [-0.25, -0.2) is 19.2 Å². The Balaban J connectivity index is 0.00000222. The molecule has 3 rings (SSSR count). The summed E-state index contributed by atoms with van der Waals surface area (Å²) in [7, 11) is 0. The number of alkyl carbamates (subject to hydrolysis) is 3. The fourth-order valence-corrected chi connectivity index (χ4v) is 12.8. The SMILES string of the molecule is CC(=O)OCC1O[C@@H](OCCCCC(=O)O)C(C)[C@@H](C)[C@H]1C.CC(C)(C)OC(=O)CCCCCC(=O)CCOCC(COCCC(=O)CCCCCC(=O)OC(C)(C)C)(COCCC(=O)NCCCNC(=O)OC(C)(C)C)NC(=O)OCc1ccccc1.NCCCCC(=O)CCOCC(COCCC(=O)CCCCN)(COCCC(=O)NCCCN)NC(=O)OCc1ccccc1.O=C(O)C(F)(F)F. The van der Waals surface area contributed by atoms with E-state index in [0.29, 0.717) is 142 Å². The van der Waals surface area contributed by atoms with Crippen LogP contribution >= 0.6 is 0 Å². The molecule has 0 aliphatic carbocycles. The number of amides is 5. The van der Waals surface area contributed by atoms with Gasteiger partial charge in [-0.3, -0.25) is 47.9 Å². The number of carboxylic acid groups (broad SMARTS) is 2. The molecule has 1 fully saturated rings. The van der Waals surface area contributed by atoms with Gasteiger partial charge in [0.05, 0.1) is 85.4 Å². The molecule has 802 valence electrons. The lowest BCUT2D eigenvalue weighted by Gasteiger charge is -2.43. The van der Waals surface area contributed by atoms with Crippen LogP contribution in [0.4, 0.5) is 27.6 Å². The second-order valence-corrected chi connectivity index (χ2v) is 37.3. The molecular weight excluding hydrogens is 1840 g/mol. The van der Waals surface area contributed by atoms with Crippen molar-refractivity contribution in [2.45, 2.75) is 323 Å². The number of nitrogens with two attached hydrogens (primary N) is 3. The van der Waals surface area contributed by atoms with E-state index in [1.165, 1.54) is 6.92 Å². The molecule has 41 heteroatoms. The second-order valence-electron chi connectivity index (χ2n) is 37.3. The fourth-order valence-electron chi connectivity index (χ4n) is 12.8. The Morgan fingerprint density at radius 1 is 0.371 bits per heavy atom. The normalized spacial score (nSPS) is 14.8. The monoisotopic (exact) mass is 2000 g/mol. The maximum Gasteiger partial charge on any atom is 0.490 e. The van der Waals surface area contributed by atoms with Crippen molar-refractivity contribution in [1.82, 2.24) is 26.6 Å². The number of esters is 3. The molecule has 0 radical (unpaired) electrons. The molecule has 2 aromatic carbocycles. The number of nitrogens with one attached hydrogen (secondary N) is 5. The lowest BCUT2D eigenvalue weighted by Crippen LogP contribution is -2.58. The number of carboxylic acids is 2. The summed E-state index contributed by atoms with van der Waals surface area (Å²) in [6, 6.07) is 18.4. The van der Waals surface area contributed by atoms with Crippen molar-refractivity contribution in [1.29, 1.82) is 0 Å². The largest absolute Gasteiger partial charge is 0.490 e. The van der Waals surface area contributed by atoms with E-state index in [4.69, 9.17) is 98.5 Å². The molecule has 5 atom stereocenters. The van der Waals surface area contributed by atoms with Crippen molar-refractivity contribution in [2.24, 2.45) is 35.0 Å². The highest BCUT2D eigenvalue weighted by Crippen LogP contribution is 2.36. The third kappa shape index (κ3) is 74.5. The van der Waals surface area contributed by atoms with Gasteiger partial charge in [0.2, 0.25) is 11.8 Å². The third-order valence-corrected chi connectivity index (χ3v) is 20.6. The number of alkyl halides is 3. The van der Waals surface area contributed by atoms with E-state index in [-0.39, 0.29) is 234 Å². The fraction of sp³-hybridized carbons (Fsp3) is 0.737. The van der Waals surface area contributed by atoms with Gasteiger partial charge in [-0.15, -0.1) is 0 Å². The maximum atomic E-state index is 13.3. The van der Waals surface area contributed by atoms with Gasteiger partial charge in [-0.05, 0) is 182 Å². The molecule has 1 saturated heterocycles. The van der Waals surface area contributed by atoms with Crippen LogP contribution in [0.3, 0.4) is 0 Å². The third-order valence-electron chi connectivity index (χ3n) is 20.6. The van der Waals surface area contributed by atoms with Crippen LogP contribution < -0.4 is 43.8 Å². The van der Waals surface area contributed by atoms with E-state index in [1.54, 1.807) is 20.8 Å². The summed E-state index contributed by atoms with van der Waals surface area (Å²) in [5.74, 6) is -3.87. The number of ether oxygens (including phenoxy) is 14. The summed E-state index contributed by atoms with van der Waals surface area (Å²) >= 11 is 0. The average molecular weight is 2000 g/mol. The number of ketones is 4. The van der Waals surface area contributed by atoms with Crippen molar-refractivity contribution in [3.8, 4) is 0 Å². The molecule has 0 saturated carbocycles. The highest BCUT2D eigenvalue weighted by Gasteiger charge is 2.42. The van der Waals surface area contributed by atoms with Crippen molar-refractivity contribution >= 4 is 83.1 Å². The Morgan fingerprint density at radius 2 is 0.707 bits per heavy atom. The first kappa shape index (κ1) is 131. The number of hydrogen-bond donors (Lipinski definition) is 10. The first-order valence-corrected chi connectivity index (χ1v) is 48.5. The van der Waals surface area contributed by atoms with Gasteiger partial charge < -0.3 is 120 Å². The Hall–Kier alpha value is -9.43. The van der Waals surface area contributed by atoms with E-state index < -0.39 is 64.3 Å². The van der Waals surface area contributed by atoms with Crippen LogP contribution in [0, 0.1) is 17.8 Å². The van der Waals surface area contributed by atoms with Crippen LogP contribution in [0.15, 0.2) is 60.7 Å². The topological polar surface area (TPSA) is 547 Å². The van der Waals surface area contributed by atoms with Crippen molar-refractivity contribution < 1.29 is 157 Å². The molecule has 2 unspecified atom stereocenters. The smallest absolute Gasteiger partial charge is 0.481 e. The summed E-state index contributed by atoms with van der Waals surface area (Å²) in [5.41, 5.74) is 13.8. The molecular formula is C99H165F3N8O30. The first-order valence-electron chi connectivity index (χ1n) is 48.5. The van der Waals surface area contributed by atoms with Crippen LogP contribution in [0.25, 0.3) is 0 Å². The summed E-state index contributed by atoms with van der Waals surface area (Å²) < 4.78 is 111. The van der Waals surface area contributed by atoms with Crippen LogP contribution in [0.1, 0.15) is 274 Å². The van der Waals surface area contributed by atoms with Gasteiger partial charge in [-0.1, -0.05) is 94.3 Å². The lowest BCUT2D eigenvalue weighted by atomic mass is 9.79. The first-order chi connectivity index (χ1) is 66.1. The summed E-state index contributed by atoms with van der Waals surface area (Å²) in [6.07, 6.45) is 4.62. The number of rotatable bonds is 71. The molecule has 2 aromatic rings. The predicted octanol–water partition coefficient (Wildman–Crippen LogP) is 12.4. The van der Waals surface area contributed by atoms with E-state index in [9.17, 15) is 75.5 Å². The number of benzene rings is 2. The van der Waals surface area contributed by atoms with E-state index >= 15 is 0 Å². The highest BCUT2D eigenvalue weighted by atomic mass is 19.4. The minimum Gasteiger partial charge on any atom is -0.481 e. The Labute approximate surface area is 824 Å². The van der Waals surface area contributed by atoms with Gasteiger partial charge in [-0.2, -0.15) is 13.2 Å². The molecule has 1 aliphatic heterocycles. The van der Waals surface area contributed by atoms with E-state index in [0.717, 1.165) is 36.8 Å². The molecule has 13 N–H and O–H groups in total. The minimum atomic E-state index is -5.08. The quantitative estimate of drug-likeness (QED) is 0.0167. The number of Topliss-reactive ketones (excluding diaryl/α,β-unsaturated/α-hetero) is 4. The van der Waals surface area contributed by atoms with Crippen LogP contribution in [-0.2, 0) is 132 Å². The zero-order valence-corrected chi connectivity index (χ0v) is 85.0. The molecule has 0 spiro atoms. The molecule has 5 amide bonds. The summed E-state index contributed by atoms with van der Waals surface area (Å²) in [6.45, 7) is 27.0. The second kappa shape index (κ2) is 76.3. The Morgan fingerprint density at radius 3 is 1.05 bits per heavy atom. The zero-order valence-electron chi connectivity index (χ0n) is 85.0. The Kier molecular flexibility index (Phi) is 71.1. The van der Waals surface area contributed by atoms with Crippen molar-refractivity contribution in [2.75, 3.05) is 132 Å². The summed E-state index contributed by atoms with van der Waals surface area (Å²) in [5, 5.41) is 29.6. The van der Waals surface area contributed by atoms with E-state index in [2.05, 4.69) is 47.4 Å². The van der Waals surface area contributed by atoms with Crippen LogP contribution in [-0.4, -0.2) is 272 Å². The predicted molar refractivity (Wildman–Crippen MR) is 514 cm³/mol. The average Bonchev–Trinajstić information content (AvgIpc) is 0.811. The number of carbonyl (C=O) groups is 14. The van der Waals surface area contributed by atoms with Gasteiger partial charge in [0.1, 0.15) is 70.8 Å².